The summed E-state index contributed by atoms with van der Waals surface area (Å²) in [6, 6.07) is 14.5. The van der Waals surface area contributed by atoms with Gasteiger partial charge in [0, 0.05) is 66.3 Å². The summed E-state index contributed by atoms with van der Waals surface area (Å²) in [7, 11) is 2.18. The summed E-state index contributed by atoms with van der Waals surface area (Å²) < 4.78 is 8.33. The summed E-state index contributed by atoms with van der Waals surface area (Å²) in [5, 5.41) is 6.94. The van der Waals surface area contributed by atoms with Crippen LogP contribution in [0.3, 0.4) is 0 Å². The number of hydrogen-bond acceptors (Lipinski definition) is 13. The molecular formula is C60H82BrN11O4S. The Bertz CT molecular complexity index is 2890. The number of fused-ring (bicyclic) bond motifs is 7. The fourth-order valence-corrected chi connectivity index (χ4v) is 13.9. The van der Waals surface area contributed by atoms with E-state index in [2.05, 4.69) is 116 Å². The van der Waals surface area contributed by atoms with E-state index in [9.17, 15) is 14.4 Å². The highest BCUT2D eigenvalue weighted by Crippen LogP contribution is 2.51. The molecule has 11 rings (SSSR count). The Labute approximate surface area is 468 Å². The highest BCUT2D eigenvalue weighted by Gasteiger charge is 2.48. The van der Waals surface area contributed by atoms with Gasteiger partial charge in [0.2, 0.25) is 12.3 Å². The van der Waals surface area contributed by atoms with E-state index in [1.807, 2.05) is 41.7 Å². The normalized spacial score (nSPS) is 21.1. The van der Waals surface area contributed by atoms with Gasteiger partial charge in [-0.2, -0.15) is 4.98 Å². The minimum Gasteiger partial charge on any atom is -0.401 e. The van der Waals surface area contributed by atoms with Gasteiger partial charge in [0.25, 0.3) is 5.56 Å². The first-order valence-electron chi connectivity index (χ1n) is 28.5. The molecule has 6 aliphatic rings. The number of carbonyl (C=O) groups is 2. The van der Waals surface area contributed by atoms with Crippen molar-refractivity contribution in [2.75, 3.05) is 59.5 Å². The molecule has 3 saturated heterocycles. The van der Waals surface area contributed by atoms with Crippen LogP contribution in [0.4, 0.5) is 0 Å². The second-order valence-corrected chi connectivity index (χ2v) is 25.2. The van der Waals surface area contributed by atoms with E-state index in [4.69, 9.17) is 20.4 Å². The number of halogens is 1. The van der Waals surface area contributed by atoms with Crippen molar-refractivity contribution in [3.05, 3.63) is 109 Å². The van der Waals surface area contributed by atoms with Gasteiger partial charge < -0.3 is 30.9 Å². The third kappa shape index (κ3) is 12.9. The van der Waals surface area contributed by atoms with E-state index in [1.165, 1.54) is 49.0 Å². The number of benzene rings is 2. The Balaban J connectivity index is 0.000000144. The van der Waals surface area contributed by atoms with E-state index < -0.39 is 0 Å². The smallest absolute Gasteiger partial charge is 0.281 e. The van der Waals surface area contributed by atoms with Crippen molar-refractivity contribution >= 4 is 50.5 Å². The second-order valence-electron chi connectivity index (χ2n) is 23.5. The largest absolute Gasteiger partial charge is 0.401 e. The summed E-state index contributed by atoms with van der Waals surface area (Å²) in [6.07, 6.45) is 20.9. The highest BCUT2D eigenvalue weighted by molar-refractivity contribution is 9.10. The van der Waals surface area contributed by atoms with Gasteiger partial charge >= 0.3 is 0 Å². The zero-order valence-corrected chi connectivity index (χ0v) is 48.8. The topological polar surface area (TPSA) is 177 Å². The van der Waals surface area contributed by atoms with E-state index in [0.29, 0.717) is 23.3 Å². The molecule has 2 saturated carbocycles. The van der Waals surface area contributed by atoms with Gasteiger partial charge in [-0.1, -0.05) is 89.6 Å². The summed E-state index contributed by atoms with van der Waals surface area (Å²) in [4.78, 5) is 64.0. The van der Waals surface area contributed by atoms with Crippen molar-refractivity contribution in [1.29, 1.82) is 0 Å². The Morgan fingerprint density at radius 1 is 0.909 bits per heavy atom. The number of amides is 2. The third-order valence-corrected chi connectivity index (χ3v) is 18.8. The van der Waals surface area contributed by atoms with Gasteiger partial charge in [-0.05, 0) is 136 Å². The molecule has 4 N–H and O–H groups in total. The van der Waals surface area contributed by atoms with Crippen LogP contribution in [-0.4, -0.2) is 123 Å². The molecule has 3 atom stereocenters. The number of hydrogen-bond donors (Lipinski definition) is 3. The number of carbonyl (C=O) groups excluding carboxylic acids is 2. The molecule has 0 bridgehead atoms. The molecule has 2 amide bonds. The molecule has 17 heteroatoms. The zero-order valence-electron chi connectivity index (χ0n) is 46.4. The van der Waals surface area contributed by atoms with Crippen LogP contribution in [0.5, 0.6) is 0 Å². The molecule has 5 aromatic rings. The second kappa shape index (κ2) is 25.4. The molecular weight excluding hydrogens is 1050 g/mol. The molecule has 3 unspecified atom stereocenters. The number of aromatic nitrogens is 5. The maximum atomic E-state index is 13.1. The molecule has 1 spiro atoms. The van der Waals surface area contributed by atoms with Crippen molar-refractivity contribution < 1.29 is 14.3 Å². The van der Waals surface area contributed by atoms with Crippen molar-refractivity contribution in [3.8, 4) is 16.3 Å². The number of allylic oxidation sites excluding steroid dienone is 1. The average Bonchev–Trinajstić information content (AvgIpc) is 4.26. The standard InChI is InChI=1S/C24H26BrN5O.C19H35N3O.C17H21N3O2S/c1-29-12-8-15(9-13-29)20-26-14-16-21(27-20)30-18-7-5-6-17(25)19(18)22(31)28-23(30)24(16)10-3-2-4-11-24;1-14-9-8-12-22(14)18(23)17(19(2,3)4)21-13-16(20)15-10-6-5-7-11-15;1-13-17(23-12-19-13)15-4-2-14(3-5-15)16(18-11-21)10-20-6-8-22-9-7-20/h5-7,14-15H,2-4,8-13H2,1H3;13-15,17,21H,5-12,20H2,1-4H3;2-5,11-12,16H,6-10H2,1H3,(H,18,21)/b;16-13-;. The third-order valence-electron chi connectivity index (χ3n) is 17.2. The number of aryl methyl sites for hydroxylation is 1. The number of nitrogens with two attached hydrogens (primary N) is 1. The lowest BCUT2D eigenvalue weighted by Crippen LogP contribution is -2.52. The first-order valence-corrected chi connectivity index (χ1v) is 30.1. The first-order chi connectivity index (χ1) is 37.2. The molecule has 3 aromatic heterocycles. The number of likely N-dealkylation sites (tertiary alicyclic amines) is 2. The molecule has 0 radical (unpaired) electrons. The van der Waals surface area contributed by atoms with Gasteiger partial charge in [0.1, 0.15) is 23.5 Å². The summed E-state index contributed by atoms with van der Waals surface area (Å²) in [6.45, 7) is 17.7. The zero-order chi connectivity index (χ0) is 54.3. The van der Waals surface area contributed by atoms with Crippen molar-refractivity contribution in [3.63, 3.8) is 0 Å². The van der Waals surface area contributed by atoms with Crippen LogP contribution in [0, 0.1) is 18.3 Å². The lowest BCUT2D eigenvalue weighted by molar-refractivity contribution is -0.136. The van der Waals surface area contributed by atoms with Crippen LogP contribution in [0.1, 0.15) is 158 Å². The van der Waals surface area contributed by atoms with Crippen LogP contribution in [0.15, 0.2) is 75.3 Å². The van der Waals surface area contributed by atoms with Crippen LogP contribution >= 0.6 is 27.3 Å². The molecule has 414 valence electrons. The first kappa shape index (κ1) is 56.6. The van der Waals surface area contributed by atoms with Gasteiger partial charge in [-0.25, -0.2) is 15.0 Å². The predicted molar refractivity (Wildman–Crippen MR) is 311 cm³/mol. The number of piperidine rings is 1. The number of morpholine rings is 1. The van der Waals surface area contributed by atoms with Crippen LogP contribution in [-0.2, 0) is 19.7 Å². The highest BCUT2D eigenvalue weighted by atomic mass is 79.9. The number of ether oxygens (including phenoxy) is 1. The number of rotatable bonds is 11. The summed E-state index contributed by atoms with van der Waals surface area (Å²) >= 11 is 5.23. The number of nitrogens with one attached hydrogen (secondary N) is 2. The van der Waals surface area contributed by atoms with Crippen LogP contribution < -0.4 is 21.9 Å². The van der Waals surface area contributed by atoms with Crippen molar-refractivity contribution in [2.24, 2.45) is 17.1 Å². The van der Waals surface area contributed by atoms with Gasteiger partial charge in [-0.15, -0.1) is 11.3 Å². The lowest BCUT2D eigenvalue weighted by atomic mass is 9.70. The quantitative estimate of drug-likeness (QED) is 0.107. The molecule has 7 heterocycles. The van der Waals surface area contributed by atoms with Crippen molar-refractivity contribution in [2.45, 2.75) is 154 Å². The Morgan fingerprint density at radius 3 is 2.27 bits per heavy atom. The Morgan fingerprint density at radius 2 is 1.62 bits per heavy atom. The summed E-state index contributed by atoms with van der Waals surface area (Å²) in [5.41, 5.74) is 13.9. The minimum atomic E-state index is -0.242. The Hall–Kier alpha value is -5.07. The fourth-order valence-electron chi connectivity index (χ4n) is 12.6. The SMILES string of the molecule is CC1CCCN1C(=O)C(N/C=C(\N)C1CCCCC1)C(C)(C)C.CN1CCC(c2ncc3c(n2)-n2c(nc(=O)c4c(Br)cccc42)C32CCCCC2)CC1.Cc1ncsc1-c1ccc(C(CN2CCOCC2)NC=O)cc1. The lowest BCUT2D eigenvalue weighted by Gasteiger charge is -2.35. The number of thiazole rings is 1. The van der Waals surface area contributed by atoms with Gasteiger partial charge in [0.15, 0.2) is 0 Å². The Kier molecular flexibility index (Phi) is 18.7. The van der Waals surface area contributed by atoms with E-state index in [1.54, 1.807) is 11.3 Å². The monoisotopic (exact) mass is 1130 g/mol. The van der Waals surface area contributed by atoms with Crippen molar-refractivity contribution in [1.82, 2.24) is 49.8 Å². The fraction of sp³-hybridized carbons (Fsp3) is 0.583. The molecule has 2 aromatic carbocycles. The molecule has 5 fully saturated rings. The molecule has 15 nitrogen and oxygen atoms in total. The maximum Gasteiger partial charge on any atom is 0.281 e. The minimum absolute atomic E-state index is 0.00204. The molecule has 77 heavy (non-hydrogen) atoms. The molecule has 2 aliphatic carbocycles. The van der Waals surface area contributed by atoms with Gasteiger partial charge in [0.05, 0.1) is 51.7 Å². The number of nitrogens with zero attached hydrogens (tertiary/aromatic N) is 8. The maximum absolute atomic E-state index is 13.1. The van der Waals surface area contributed by atoms with E-state index in [0.717, 1.165) is 160 Å². The average molecular weight is 1130 g/mol. The van der Waals surface area contributed by atoms with Crippen LogP contribution in [0.2, 0.25) is 0 Å². The summed E-state index contributed by atoms with van der Waals surface area (Å²) in [5.74, 6) is 3.84. The molecule has 4 aliphatic heterocycles. The van der Waals surface area contributed by atoms with Crippen LogP contribution in [0.25, 0.3) is 27.2 Å². The predicted octanol–water partition coefficient (Wildman–Crippen LogP) is 9.93. The van der Waals surface area contributed by atoms with Gasteiger partial charge in [-0.3, -0.25) is 23.9 Å². The van der Waals surface area contributed by atoms with E-state index in [-0.39, 0.29) is 34.4 Å². The van der Waals surface area contributed by atoms with E-state index >= 15 is 0 Å².